The van der Waals surface area contributed by atoms with Gasteiger partial charge >= 0.3 is 0 Å². The SMILES string of the molecule is C/C(=N\O)c1ccccc1OCC1CCCO1. The van der Waals surface area contributed by atoms with Gasteiger partial charge in [-0.25, -0.2) is 0 Å². The Bertz CT molecular complexity index is 397. The maximum absolute atomic E-state index is 8.80. The minimum absolute atomic E-state index is 0.189. The Morgan fingerprint density at radius 3 is 3.06 bits per heavy atom. The quantitative estimate of drug-likeness (QED) is 0.495. The number of para-hydroxylation sites is 1. The van der Waals surface area contributed by atoms with Gasteiger partial charge in [-0.05, 0) is 31.9 Å². The van der Waals surface area contributed by atoms with Crippen molar-refractivity contribution >= 4 is 5.71 Å². The molecule has 1 fully saturated rings. The molecule has 0 spiro atoms. The fourth-order valence-corrected chi connectivity index (χ4v) is 1.90. The lowest BCUT2D eigenvalue weighted by molar-refractivity contribution is 0.0679. The normalized spacial score (nSPS) is 20.5. The highest BCUT2D eigenvalue weighted by Crippen LogP contribution is 2.21. The molecule has 1 atom stereocenters. The second-order valence-electron chi connectivity index (χ2n) is 4.13. The van der Waals surface area contributed by atoms with E-state index < -0.39 is 0 Å². The topological polar surface area (TPSA) is 51.1 Å². The van der Waals surface area contributed by atoms with Crippen LogP contribution in [0.2, 0.25) is 0 Å². The lowest BCUT2D eigenvalue weighted by Gasteiger charge is -2.14. The molecule has 4 heteroatoms. The predicted molar refractivity (Wildman–Crippen MR) is 64.9 cm³/mol. The fourth-order valence-electron chi connectivity index (χ4n) is 1.90. The van der Waals surface area contributed by atoms with Crippen molar-refractivity contribution in [3.63, 3.8) is 0 Å². The third-order valence-corrected chi connectivity index (χ3v) is 2.88. The van der Waals surface area contributed by atoms with E-state index >= 15 is 0 Å². The molecule has 0 amide bonds. The smallest absolute Gasteiger partial charge is 0.128 e. The minimum atomic E-state index is 0.189. The largest absolute Gasteiger partial charge is 0.490 e. The first-order valence-corrected chi connectivity index (χ1v) is 5.83. The summed E-state index contributed by atoms with van der Waals surface area (Å²) in [5.74, 6) is 0.735. The zero-order valence-corrected chi connectivity index (χ0v) is 9.93. The monoisotopic (exact) mass is 235 g/mol. The van der Waals surface area contributed by atoms with Crippen LogP contribution in [0, 0.1) is 0 Å². The van der Waals surface area contributed by atoms with Crippen LogP contribution < -0.4 is 4.74 Å². The summed E-state index contributed by atoms with van der Waals surface area (Å²) in [7, 11) is 0. The van der Waals surface area contributed by atoms with Crippen molar-refractivity contribution in [3.8, 4) is 5.75 Å². The van der Waals surface area contributed by atoms with Gasteiger partial charge in [-0.1, -0.05) is 17.3 Å². The Labute approximate surface area is 101 Å². The van der Waals surface area contributed by atoms with E-state index in [0.717, 1.165) is 30.8 Å². The van der Waals surface area contributed by atoms with Gasteiger partial charge in [0.05, 0.1) is 11.8 Å². The van der Waals surface area contributed by atoms with Crippen molar-refractivity contribution in [1.82, 2.24) is 0 Å². The molecule has 1 aliphatic rings. The van der Waals surface area contributed by atoms with Crippen LogP contribution >= 0.6 is 0 Å². The highest BCUT2D eigenvalue weighted by molar-refractivity contribution is 6.00. The molecule has 1 unspecified atom stereocenters. The van der Waals surface area contributed by atoms with Crippen LogP contribution in [-0.2, 0) is 4.74 Å². The van der Waals surface area contributed by atoms with E-state index in [0.29, 0.717) is 12.3 Å². The van der Waals surface area contributed by atoms with E-state index in [2.05, 4.69) is 5.16 Å². The standard InChI is InChI=1S/C13H17NO3/c1-10(14-15)12-6-2-3-7-13(12)17-9-11-5-4-8-16-11/h2-3,6-7,11,15H,4-5,8-9H2,1H3/b14-10+. The number of hydrogen-bond acceptors (Lipinski definition) is 4. The maximum atomic E-state index is 8.80. The molecule has 4 nitrogen and oxygen atoms in total. The summed E-state index contributed by atoms with van der Waals surface area (Å²) in [6.45, 7) is 3.12. The molecule has 0 saturated carbocycles. The number of hydrogen-bond donors (Lipinski definition) is 1. The first kappa shape index (κ1) is 11.9. The predicted octanol–water partition coefficient (Wildman–Crippen LogP) is 2.44. The van der Waals surface area contributed by atoms with Gasteiger partial charge in [-0.3, -0.25) is 0 Å². The van der Waals surface area contributed by atoms with Gasteiger partial charge < -0.3 is 14.7 Å². The van der Waals surface area contributed by atoms with Crippen LogP contribution in [0.4, 0.5) is 0 Å². The van der Waals surface area contributed by atoms with Crippen LogP contribution in [-0.4, -0.2) is 30.2 Å². The second kappa shape index (κ2) is 5.68. The van der Waals surface area contributed by atoms with E-state index in [4.69, 9.17) is 14.7 Å². The first-order chi connectivity index (χ1) is 8.31. The van der Waals surface area contributed by atoms with Crippen molar-refractivity contribution in [2.75, 3.05) is 13.2 Å². The lowest BCUT2D eigenvalue weighted by atomic mass is 10.1. The van der Waals surface area contributed by atoms with Crippen LogP contribution in [0.15, 0.2) is 29.4 Å². The van der Waals surface area contributed by atoms with Crippen molar-refractivity contribution < 1.29 is 14.7 Å². The number of nitrogens with zero attached hydrogens (tertiary/aromatic N) is 1. The fraction of sp³-hybridized carbons (Fsp3) is 0.462. The van der Waals surface area contributed by atoms with Gasteiger partial charge in [0.25, 0.3) is 0 Å². The maximum Gasteiger partial charge on any atom is 0.128 e. The lowest BCUT2D eigenvalue weighted by Crippen LogP contribution is -2.17. The summed E-state index contributed by atoms with van der Waals surface area (Å²) < 4.78 is 11.2. The summed E-state index contributed by atoms with van der Waals surface area (Å²) in [5.41, 5.74) is 1.36. The molecule has 1 heterocycles. The van der Waals surface area contributed by atoms with Gasteiger partial charge in [-0.15, -0.1) is 0 Å². The molecule has 92 valence electrons. The molecule has 1 aliphatic heterocycles. The van der Waals surface area contributed by atoms with Gasteiger partial charge in [0, 0.05) is 12.2 Å². The molecule has 17 heavy (non-hydrogen) atoms. The van der Waals surface area contributed by atoms with E-state index in [1.54, 1.807) is 6.92 Å². The average molecular weight is 235 g/mol. The van der Waals surface area contributed by atoms with Crippen LogP contribution in [0.3, 0.4) is 0 Å². The summed E-state index contributed by atoms with van der Waals surface area (Å²) in [6, 6.07) is 7.54. The van der Waals surface area contributed by atoms with Crippen molar-refractivity contribution in [3.05, 3.63) is 29.8 Å². The van der Waals surface area contributed by atoms with E-state index in [1.807, 2.05) is 24.3 Å². The zero-order chi connectivity index (χ0) is 12.1. The van der Waals surface area contributed by atoms with Crippen LogP contribution in [0.25, 0.3) is 0 Å². The minimum Gasteiger partial charge on any atom is -0.490 e. The Kier molecular flexibility index (Phi) is 3.98. The number of benzene rings is 1. The number of rotatable bonds is 4. The second-order valence-corrected chi connectivity index (χ2v) is 4.13. The van der Waals surface area contributed by atoms with Crippen LogP contribution in [0.5, 0.6) is 5.75 Å². The average Bonchev–Trinajstić information content (AvgIpc) is 2.89. The third kappa shape index (κ3) is 2.97. The van der Waals surface area contributed by atoms with E-state index in [-0.39, 0.29) is 6.10 Å². The van der Waals surface area contributed by atoms with Crippen molar-refractivity contribution in [1.29, 1.82) is 0 Å². The van der Waals surface area contributed by atoms with Gasteiger partial charge in [0.2, 0.25) is 0 Å². The molecule has 1 aromatic carbocycles. The van der Waals surface area contributed by atoms with E-state index in [9.17, 15) is 0 Å². The molecule has 1 saturated heterocycles. The molecule has 2 rings (SSSR count). The zero-order valence-electron chi connectivity index (χ0n) is 9.93. The summed E-state index contributed by atoms with van der Waals surface area (Å²) in [5, 5.41) is 12.0. The third-order valence-electron chi connectivity index (χ3n) is 2.88. The van der Waals surface area contributed by atoms with Crippen molar-refractivity contribution in [2.24, 2.45) is 5.16 Å². The summed E-state index contributed by atoms with van der Waals surface area (Å²) in [4.78, 5) is 0. The number of oxime groups is 1. The van der Waals surface area contributed by atoms with Crippen molar-refractivity contribution in [2.45, 2.75) is 25.9 Å². The summed E-state index contributed by atoms with van der Waals surface area (Å²) in [6.07, 6.45) is 2.34. The molecule has 1 N–H and O–H groups in total. The molecule has 0 radical (unpaired) electrons. The van der Waals surface area contributed by atoms with Crippen LogP contribution in [0.1, 0.15) is 25.3 Å². The molecule has 0 aromatic heterocycles. The molecule has 0 aliphatic carbocycles. The Morgan fingerprint density at radius 1 is 1.53 bits per heavy atom. The molecule has 0 bridgehead atoms. The summed E-state index contributed by atoms with van der Waals surface area (Å²) >= 11 is 0. The first-order valence-electron chi connectivity index (χ1n) is 5.83. The van der Waals surface area contributed by atoms with E-state index in [1.165, 1.54) is 0 Å². The Balaban J connectivity index is 2.04. The van der Waals surface area contributed by atoms with Gasteiger partial charge in [0.1, 0.15) is 12.4 Å². The van der Waals surface area contributed by atoms with Gasteiger partial charge in [0.15, 0.2) is 0 Å². The molecular weight excluding hydrogens is 218 g/mol. The Hall–Kier alpha value is -1.55. The molecule has 1 aromatic rings. The highest BCUT2D eigenvalue weighted by Gasteiger charge is 2.17. The Morgan fingerprint density at radius 2 is 2.35 bits per heavy atom. The van der Waals surface area contributed by atoms with Gasteiger partial charge in [-0.2, -0.15) is 0 Å². The molecular formula is C13H17NO3. The number of ether oxygens (including phenoxy) is 2. The highest BCUT2D eigenvalue weighted by atomic mass is 16.5.